The zero-order valence-corrected chi connectivity index (χ0v) is 41.7. The van der Waals surface area contributed by atoms with Crippen molar-refractivity contribution in [1.82, 2.24) is 0 Å². The summed E-state index contributed by atoms with van der Waals surface area (Å²) in [6.45, 7) is 3.18. The Kier molecular flexibility index (Phi) is 19.3. The number of methoxy groups -OCH3 is 6. The maximum Gasteiger partial charge on any atom is 0.231 e. The lowest BCUT2D eigenvalue weighted by Crippen LogP contribution is -3.00. The van der Waals surface area contributed by atoms with Crippen LogP contribution in [0.15, 0.2) is 116 Å². The molecule has 16 heteroatoms. The summed E-state index contributed by atoms with van der Waals surface area (Å²) in [6.07, 6.45) is 7.68. The van der Waals surface area contributed by atoms with Crippen molar-refractivity contribution in [2.75, 3.05) is 49.5 Å². The molecular formula is C53H60BrClN3O11+. The monoisotopic (exact) mass is 1030 g/mol. The van der Waals surface area contributed by atoms with Crippen LogP contribution >= 0.6 is 0 Å². The topological polar surface area (TPSA) is 146 Å². The van der Waals surface area contributed by atoms with Gasteiger partial charge in [-0.05, 0) is 78.0 Å². The number of aromatic nitrogens is 3. The van der Waals surface area contributed by atoms with E-state index < -0.39 is 6.10 Å². The van der Waals surface area contributed by atoms with Crippen molar-refractivity contribution >= 4 is 32.3 Å². The SMILES string of the molecule is C.CC[n+]1ccc2c(O)cccc2c1.COc1cc2c(Cc3ccc(OC)c(OC)c3)[n+](C)ccc2cc1O.COc1ccc(C(O)c2c3c(OC)c4c(cc3cc[n+]2C)OCO4)cc1OC.[Br-].[Cl-]. The lowest BCUT2D eigenvalue weighted by Gasteiger charge is -2.16. The van der Waals surface area contributed by atoms with E-state index in [0.29, 0.717) is 69.4 Å². The van der Waals surface area contributed by atoms with Crippen LogP contribution in [0.5, 0.6) is 57.5 Å². The Morgan fingerprint density at radius 3 is 1.94 bits per heavy atom. The molecule has 0 radical (unpaired) electrons. The third-order valence-corrected chi connectivity index (χ3v) is 11.6. The molecule has 0 spiro atoms. The summed E-state index contributed by atoms with van der Waals surface area (Å²) in [4.78, 5) is 0. The number of fused-ring (bicyclic) bond motifs is 4. The second kappa shape index (κ2) is 24.4. The molecule has 9 rings (SSSR count). The van der Waals surface area contributed by atoms with Crippen molar-refractivity contribution in [3.63, 3.8) is 0 Å². The van der Waals surface area contributed by atoms with Gasteiger partial charge < -0.3 is 82.6 Å². The molecule has 1 aliphatic rings. The standard InChI is InChI=1S/C21H22NO6.C20H21NO4.C11H11NO.CH4.BrH.ClH/c1-22-8-7-12-9-16-20(28-11-27-16)21(26-4)17(12)18(22)19(23)13-5-6-14(24-2)15(10-13)25-3;1-21-8-7-14-11-17(22)19(24-3)12-15(14)16(21)9-13-5-6-18(23-2)20(10-13)25-4;1-2-12-7-6-10-9(8-12)4-3-5-11(10)13;;;/h5-10,19,23H,11H2,1-4H3;5-8,10-12H,9H2,1-4H3;3-8H,2H2,1H3;1H4;2*1H/q+1;;;;;. The minimum atomic E-state index is -0.928. The van der Waals surface area contributed by atoms with Crippen molar-refractivity contribution < 1.29 is 96.3 Å². The van der Waals surface area contributed by atoms with Crippen LogP contribution in [-0.2, 0) is 27.1 Å². The van der Waals surface area contributed by atoms with E-state index in [2.05, 4.69) is 16.1 Å². The number of ether oxygens (including phenoxy) is 8. The van der Waals surface area contributed by atoms with Gasteiger partial charge in [0.05, 0.1) is 59.9 Å². The molecule has 0 amide bonds. The molecule has 366 valence electrons. The number of phenols is 2. The van der Waals surface area contributed by atoms with Gasteiger partial charge in [0.25, 0.3) is 0 Å². The predicted molar refractivity (Wildman–Crippen MR) is 255 cm³/mol. The zero-order valence-electron chi connectivity index (χ0n) is 39.4. The second-order valence-electron chi connectivity index (χ2n) is 15.3. The summed E-state index contributed by atoms with van der Waals surface area (Å²) in [5.41, 5.74) is 3.55. The minimum Gasteiger partial charge on any atom is -1.00 e. The third kappa shape index (κ3) is 11.5. The van der Waals surface area contributed by atoms with Crippen molar-refractivity contribution in [2.45, 2.75) is 33.4 Å². The fourth-order valence-corrected chi connectivity index (χ4v) is 8.05. The molecule has 5 aromatic carbocycles. The quantitative estimate of drug-likeness (QED) is 0.164. The van der Waals surface area contributed by atoms with Gasteiger partial charge in [0.1, 0.15) is 26.4 Å². The number of halogens is 2. The molecule has 14 nitrogen and oxygen atoms in total. The highest BCUT2D eigenvalue weighted by atomic mass is 79.9. The fourth-order valence-electron chi connectivity index (χ4n) is 8.05. The molecule has 3 N–H and O–H groups in total. The second-order valence-corrected chi connectivity index (χ2v) is 15.3. The highest BCUT2D eigenvalue weighted by molar-refractivity contribution is 5.95. The first-order chi connectivity index (χ1) is 32.0. The Balaban J connectivity index is 0.000000233. The summed E-state index contributed by atoms with van der Waals surface area (Å²) < 4.78 is 49.5. The van der Waals surface area contributed by atoms with E-state index in [4.69, 9.17) is 37.9 Å². The summed E-state index contributed by atoms with van der Waals surface area (Å²) >= 11 is 0. The zero-order chi connectivity index (χ0) is 47.1. The Morgan fingerprint density at radius 1 is 0.623 bits per heavy atom. The number of phenolic OH excluding ortho intramolecular Hbond substituents is 2. The summed E-state index contributed by atoms with van der Waals surface area (Å²) in [6, 6.07) is 28.2. The van der Waals surface area contributed by atoms with Crippen LogP contribution < -0.4 is 81.0 Å². The Morgan fingerprint density at radius 2 is 1.28 bits per heavy atom. The predicted octanol–water partition coefficient (Wildman–Crippen LogP) is 1.98. The highest BCUT2D eigenvalue weighted by Gasteiger charge is 2.31. The van der Waals surface area contributed by atoms with E-state index in [1.165, 1.54) is 0 Å². The molecule has 69 heavy (non-hydrogen) atoms. The number of pyridine rings is 3. The molecule has 0 saturated heterocycles. The lowest BCUT2D eigenvalue weighted by molar-refractivity contribution is -0.692. The molecule has 0 saturated carbocycles. The van der Waals surface area contributed by atoms with E-state index >= 15 is 0 Å². The van der Waals surface area contributed by atoms with E-state index in [1.807, 2.05) is 110 Å². The van der Waals surface area contributed by atoms with Gasteiger partial charge in [-0.1, -0.05) is 25.6 Å². The molecule has 0 fully saturated rings. The van der Waals surface area contributed by atoms with E-state index in [-0.39, 0.29) is 49.4 Å². The summed E-state index contributed by atoms with van der Waals surface area (Å²) in [5.74, 6) is 5.22. The van der Waals surface area contributed by atoms with Gasteiger partial charge in [0.15, 0.2) is 82.6 Å². The first-order valence-corrected chi connectivity index (χ1v) is 21.2. The molecule has 1 atom stereocenters. The van der Waals surface area contributed by atoms with E-state index in [0.717, 1.165) is 50.1 Å². The average molecular weight is 1030 g/mol. The molecule has 0 bridgehead atoms. The first kappa shape index (κ1) is 54.7. The molecule has 1 aliphatic heterocycles. The van der Waals surface area contributed by atoms with Gasteiger partial charge in [0.2, 0.25) is 18.2 Å². The molecule has 8 aromatic rings. The third-order valence-electron chi connectivity index (χ3n) is 11.6. The van der Waals surface area contributed by atoms with E-state index in [9.17, 15) is 15.3 Å². The van der Waals surface area contributed by atoms with Crippen LogP contribution in [0.3, 0.4) is 0 Å². The van der Waals surface area contributed by atoms with Gasteiger partial charge in [-0.25, -0.2) is 13.7 Å². The number of aliphatic hydroxyl groups excluding tert-OH is 1. The molecule has 1 unspecified atom stereocenters. The van der Waals surface area contributed by atoms with Crippen LogP contribution in [0.4, 0.5) is 0 Å². The molecule has 4 heterocycles. The van der Waals surface area contributed by atoms with Gasteiger partial charge in [-0.3, -0.25) is 0 Å². The van der Waals surface area contributed by atoms with Crippen molar-refractivity contribution in [3.05, 3.63) is 138 Å². The molecule has 3 aromatic heterocycles. The Bertz CT molecular complexity index is 3050. The van der Waals surface area contributed by atoms with Gasteiger partial charge in [-0.15, -0.1) is 0 Å². The van der Waals surface area contributed by atoms with Gasteiger partial charge in [0, 0.05) is 34.4 Å². The molecular weight excluding hydrogens is 970 g/mol. The maximum atomic E-state index is 11.3. The number of rotatable bonds is 11. The number of aromatic hydroxyl groups is 2. The van der Waals surface area contributed by atoms with Gasteiger partial charge >= 0.3 is 0 Å². The fraction of sp³-hybridized carbons (Fsp3) is 0.264. The smallest absolute Gasteiger partial charge is 0.231 e. The van der Waals surface area contributed by atoms with Gasteiger partial charge in [-0.2, -0.15) is 0 Å². The molecule has 0 aliphatic carbocycles. The Labute approximate surface area is 419 Å². The van der Waals surface area contributed by atoms with Crippen molar-refractivity contribution in [3.8, 4) is 57.5 Å². The lowest BCUT2D eigenvalue weighted by atomic mass is 9.98. The van der Waals surface area contributed by atoms with Crippen molar-refractivity contribution in [1.29, 1.82) is 0 Å². The van der Waals surface area contributed by atoms with Crippen LogP contribution in [-0.4, -0.2) is 64.8 Å². The maximum absolute atomic E-state index is 11.3. The Hall–Kier alpha value is -6.94. The van der Waals surface area contributed by atoms with E-state index in [1.54, 1.807) is 66.9 Å². The largest absolute Gasteiger partial charge is 1.00 e. The summed E-state index contributed by atoms with van der Waals surface area (Å²) in [5, 5.41) is 36.5. The van der Waals surface area contributed by atoms with Crippen molar-refractivity contribution in [2.24, 2.45) is 14.1 Å². The summed E-state index contributed by atoms with van der Waals surface area (Å²) in [7, 11) is 13.4. The number of aryl methyl sites for hydroxylation is 3. The minimum absolute atomic E-state index is 0. The number of hydrogen-bond acceptors (Lipinski definition) is 11. The van der Waals surface area contributed by atoms with Crippen LogP contribution in [0.25, 0.3) is 32.3 Å². The normalized spacial score (nSPS) is 11.3. The number of aliphatic hydroxyl groups is 1. The highest BCUT2D eigenvalue weighted by Crippen LogP contribution is 2.48. The van der Waals surface area contributed by atoms with Crippen LogP contribution in [0, 0.1) is 0 Å². The number of hydrogen-bond donors (Lipinski definition) is 3. The number of benzene rings is 5. The number of nitrogens with zero attached hydrogens (tertiary/aromatic N) is 3. The van der Waals surface area contributed by atoms with Crippen LogP contribution in [0.2, 0.25) is 0 Å². The first-order valence-electron chi connectivity index (χ1n) is 21.2. The average Bonchev–Trinajstić information content (AvgIpc) is 3.82. The van der Waals surface area contributed by atoms with Crippen LogP contribution in [0.1, 0.15) is 43.0 Å².